The van der Waals surface area contributed by atoms with Crippen LogP contribution in [0.3, 0.4) is 0 Å². The van der Waals surface area contributed by atoms with Gasteiger partial charge in [0.2, 0.25) is 0 Å². The molecule has 134 valence electrons. The summed E-state index contributed by atoms with van der Waals surface area (Å²) in [7, 11) is 0. The summed E-state index contributed by atoms with van der Waals surface area (Å²) in [6, 6.07) is 5.06. The van der Waals surface area contributed by atoms with Crippen molar-refractivity contribution in [3.8, 4) is 0 Å². The highest BCUT2D eigenvalue weighted by Gasteiger charge is 2.48. The summed E-state index contributed by atoms with van der Waals surface area (Å²) in [4.78, 5) is 17.8. The van der Waals surface area contributed by atoms with Crippen molar-refractivity contribution in [3.05, 3.63) is 35.8 Å². The van der Waals surface area contributed by atoms with Crippen LogP contribution >= 0.6 is 0 Å². The maximum absolute atomic E-state index is 13.5. The summed E-state index contributed by atoms with van der Waals surface area (Å²) in [5.74, 6) is 0.573. The van der Waals surface area contributed by atoms with Crippen LogP contribution in [0.5, 0.6) is 0 Å². The van der Waals surface area contributed by atoms with E-state index in [1.165, 1.54) is 17.7 Å². The predicted molar refractivity (Wildman–Crippen MR) is 95.1 cm³/mol. The van der Waals surface area contributed by atoms with E-state index < -0.39 is 5.60 Å². The average Bonchev–Trinajstić information content (AvgIpc) is 3.18. The summed E-state index contributed by atoms with van der Waals surface area (Å²) in [6.07, 6.45) is 5.00. The van der Waals surface area contributed by atoms with Crippen molar-refractivity contribution in [1.82, 2.24) is 9.88 Å². The maximum Gasteiger partial charge on any atom is 0.410 e. The number of carbonyl (C=O) groups excluding carboxylic acids is 1. The highest BCUT2D eigenvalue weighted by Crippen LogP contribution is 2.48. The van der Waals surface area contributed by atoms with Gasteiger partial charge in [-0.05, 0) is 69.7 Å². The minimum Gasteiger partial charge on any atom is -0.444 e. The van der Waals surface area contributed by atoms with Gasteiger partial charge in [0.15, 0.2) is 0 Å². The molecular weight excluding hydrogens is 319 g/mol. The van der Waals surface area contributed by atoms with Crippen LogP contribution in [0.1, 0.15) is 51.5 Å². The molecule has 1 aliphatic carbocycles. The molecule has 1 saturated carbocycles. The van der Waals surface area contributed by atoms with Crippen molar-refractivity contribution in [3.63, 3.8) is 0 Å². The van der Waals surface area contributed by atoms with Gasteiger partial charge in [-0.2, -0.15) is 0 Å². The van der Waals surface area contributed by atoms with Crippen LogP contribution in [0.25, 0.3) is 10.9 Å². The Morgan fingerprint density at radius 3 is 2.84 bits per heavy atom. The Kier molecular flexibility index (Phi) is 3.78. The lowest BCUT2D eigenvalue weighted by molar-refractivity contribution is 0.0204. The number of aromatic amines is 1. The van der Waals surface area contributed by atoms with Crippen molar-refractivity contribution >= 4 is 17.0 Å². The number of fused-ring (bicyclic) bond motifs is 2. The van der Waals surface area contributed by atoms with Crippen LogP contribution in [0.15, 0.2) is 24.4 Å². The molecule has 0 spiro atoms. The highest BCUT2D eigenvalue weighted by molar-refractivity contribution is 5.84. The number of rotatable bonds is 1. The Morgan fingerprint density at radius 2 is 2.08 bits per heavy atom. The number of likely N-dealkylation sites (tertiary alicyclic amines) is 1. The Labute approximate surface area is 147 Å². The average molecular weight is 344 g/mol. The lowest BCUT2D eigenvalue weighted by Crippen LogP contribution is -2.42. The second kappa shape index (κ2) is 5.75. The summed E-state index contributed by atoms with van der Waals surface area (Å²) >= 11 is 0. The zero-order valence-electron chi connectivity index (χ0n) is 15.0. The summed E-state index contributed by atoms with van der Waals surface area (Å²) in [6.45, 7) is 6.47. The molecule has 2 heterocycles. The largest absolute Gasteiger partial charge is 0.444 e. The van der Waals surface area contributed by atoms with E-state index in [9.17, 15) is 9.18 Å². The first-order chi connectivity index (χ1) is 11.8. The Morgan fingerprint density at radius 1 is 1.28 bits per heavy atom. The fraction of sp³-hybridized carbons (Fsp3) is 0.550. The zero-order chi connectivity index (χ0) is 17.8. The van der Waals surface area contributed by atoms with E-state index in [4.69, 9.17) is 4.74 Å². The van der Waals surface area contributed by atoms with Gasteiger partial charge in [-0.25, -0.2) is 9.18 Å². The standard InChI is InChI=1S/C20H25FN2O2/c1-20(2,3)25-19(24)23-9-8-12-4-6-15(18(12)23)16-11-22-17-10-13(21)5-7-14(16)17/h5,7,10-12,15,18,22H,4,6,8-9H2,1-3H3/t12-,15+,18+/m1/s1. The third-order valence-corrected chi connectivity index (χ3v) is 5.55. The fourth-order valence-electron chi connectivity index (χ4n) is 4.61. The van der Waals surface area contributed by atoms with Crippen molar-refractivity contribution < 1.29 is 13.9 Å². The maximum atomic E-state index is 13.5. The number of nitrogens with one attached hydrogen (secondary N) is 1. The molecule has 1 saturated heterocycles. The second-order valence-electron chi connectivity index (χ2n) is 8.33. The molecule has 0 unspecified atom stereocenters. The van der Waals surface area contributed by atoms with Gasteiger partial charge in [0.05, 0.1) is 0 Å². The van der Waals surface area contributed by atoms with Gasteiger partial charge in [0, 0.05) is 35.6 Å². The van der Waals surface area contributed by atoms with Gasteiger partial charge in [0.1, 0.15) is 11.4 Å². The van der Waals surface area contributed by atoms with E-state index in [0.29, 0.717) is 5.92 Å². The number of hydrogen-bond acceptors (Lipinski definition) is 2. The smallest absolute Gasteiger partial charge is 0.410 e. The Balaban J connectivity index is 1.65. The lowest BCUT2D eigenvalue weighted by atomic mass is 9.91. The Bertz CT molecular complexity index is 808. The summed E-state index contributed by atoms with van der Waals surface area (Å²) in [5, 5.41) is 1.06. The molecule has 2 fully saturated rings. The van der Waals surface area contributed by atoms with Gasteiger partial charge in [-0.3, -0.25) is 0 Å². The molecule has 1 N–H and O–H groups in total. The monoisotopic (exact) mass is 344 g/mol. The van der Waals surface area contributed by atoms with Crippen LogP contribution in [0.2, 0.25) is 0 Å². The Hall–Kier alpha value is -2.04. The summed E-state index contributed by atoms with van der Waals surface area (Å²) in [5.41, 5.74) is 1.53. The zero-order valence-corrected chi connectivity index (χ0v) is 15.0. The number of nitrogens with zero attached hydrogens (tertiary/aromatic N) is 1. The van der Waals surface area contributed by atoms with Gasteiger partial charge >= 0.3 is 6.09 Å². The molecule has 4 rings (SSSR count). The van der Waals surface area contributed by atoms with E-state index in [1.54, 1.807) is 0 Å². The lowest BCUT2D eigenvalue weighted by Gasteiger charge is -2.31. The van der Waals surface area contributed by atoms with Gasteiger partial charge in [-0.15, -0.1) is 0 Å². The van der Waals surface area contributed by atoms with E-state index in [1.807, 2.05) is 37.9 Å². The van der Waals surface area contributed by atoms with E-state index in [-0.39, 0.29) is 23.9 Å². The molecule has 1 amide bonds. The molecule has 2 aliphatic rings. The number of halogens is 1. The molecule has 4 nitrogen and oxygen atoms in total. The highest BCUT2D eigenvalue weighted by atomic mass is 19.1. The molecule has 5 heteroatoms. The molecule has 1 aliphatic heterocycles. The van der Waals surface area contributed by atoms with E-state index in [2.05, 4.69) is 4.98 Å². The quantitative estimate of drug-likeness (QED) is 0.807. The summed E-state index contributed by atoms with van der Waals surface area (Å²) < 4.78 is 19.1. The normalized spacial score (nSPS) is 26.2. The van der Waals surface area contributed by atoms with Crippen molar-refractivity contribution in [2.45, 2.75) is 57.6 Å². The number of hydrogen-bond donors (Lipinski definition) is 1. The molecule has 0 bridgehead atoms. The number of H-pyrrole nitrogens is 1. The fourth-order valence-corrected chi connectivity index (χ4v) is 4.61. The minimum absolute atomic E-state index is 0.180. The first-order valence-corrected chi connectivity index (χ1v) is 9.09. The third-order valence-electron chi connectivity index (χ3n) is 5.55. The van der Waals surface area contributed by atoms with Crippen LogP contribution in [0.4, 0.5) is 9.18 Å². The molecule has 25 heavy (non-hydrogen) atoms. The second-order valence-corrected chi connectivity index (χ2v) is 8.33. The first kappa shape index (κ1) is 16.4. The van der Waals surface area contributed by atoms with Crippen molar-refractivity contribution in [1.29, 1.82) is 0 Å². The molecule has 1 aromatic carbocycles. The van der Waals surface area contributed by atoms with Gasteiger partial charge in [0.25, 0.3) is 0 Å². The van der Waals surface area contributed by atoms with Crippen LogP contribution in [-0.4, -0.2) is 34.2 Å². The molecule has 2 aromatic rings. The number of benzene rings is 1. The molecule has 1 aromatic heterocycles. The number of carbonyl (C=O) groups is 1. The SMILES string of the molecule is CC(C)(C)OC(=O)N1CC[C@H]2CC[C@@H](c3c[nH]c4cc(F)ccc34)[C@H]21. The van der Waals surface area contributed by atoms with Gasteiger partial charge in [-0.1, -0.05) is 0 Å². The molecular formula is C20H25FN2O2. The minimum atomic E-state index is -0.485. The van der Waals surface area contributed by atoms with E-state index in [0.717, 1.165) is 36.7 Å². The van der Waals surface area contributed by atoms with Crippen molar-refractivity contribution in [2.24, 2.45) is 5.92 Å². The van der Waals surface area contributed by atoms with Gasteiger partial charge < -0.3 is 14.6 Å². The van der Waals surface area contributed by atoms with Crippen LogP contribution < -0.4 is 0 Å². The number of aromatic nitrogens is 1. The van der Waals surface area contributed by atoms with E-state index >= 15 is 0 Å². The molecule has 3 atom stereocenters. The number of amides is 1. The predicted octanol–water partition coefficient (Wildman–Crippen LogP) is 4.81. The first-order valence-electron chi connectivity index (χ1n) is 9.09. The van der Waals surface area contributed by atoms with Crippen LogP contribution in [0, 0.1) is 11.7 Å². The van der Waals surface area contributed by atoms with Crippen molar-refractivity contribution in [2.75, 3.05) is 6.54 Å². The molecule has 0 radical (unpaired) electrons. The third kappa shape index (κ3) is 2.90. The van der Waals surface area contributed by atoms with Crippen LogP contribution in [-0.2, 0) is 4.74 Å². The topological polar surface area (TPSA) is 45.3 Å². The number of ether oxygens (including phenoxy) is 1.